The molecule has 0 aliphatic heterocycles. The van der Waals surface area contributed by atoms with Gasteiger partial charge in [-0.25, -0.2) is 0 Å². The largest absolute Gasteiger partial charge is 0.464 e. The van der Waals surface area contributed by atoms with Gasteiger partial charge in [0.25, 0.3) is 0 Å². The Morgan fingerprint density at radius 2 is 2.05 bits per heavy atom. The molecule has 2 unspecified atom stereocenters. The molecule has 106 valence electrons. The van der Waals surface area contributed by atoms with E-state index in [-0.39, 0.29) is 18.6 Å². The molecule has 1 aliphatic rings. The van der Waals surface area contributed by atoms with Gasteiger partial charge >= 0.3 is 6.01 Å². The Morgan fingerprint density at radius 3 is 2.74 bits per heavy atom. The molecular formula is C12H21N5O2. The van der Waals surface area contributed by atoms with Crippen LogP contribution in [-0.2, 0) is 0 Å². The number of aliphatic hydroxyl groups is 1. The fourth-order valence-electron chi connectivity index (χ4n) is 2.34. The minimum absolute atomic E-state index is 0.194. The summed E-state index contributed by atoms with van der Waals surface area (Å²) in [6.07, 6.45) is 3.18. The molecule has 1 fully saturated rings. The molecular weight excluding hydrogens is 246 g/mol. The van der Waals surface area contributed by atoms with E-state index in [1.807, 2.05) is 6.92 Å². The van der Waals surface area contributed by atoms with E-state index in [0.29, 0.717) is 24.5 Å². The molecule has 2 atom stereocenters. The van der Waals surface area contributed by atoms with Gasteiger partial charge in [0.15, 0.2) is 0 Å². The Bertz CT molecular complexity index is 415. The SMILES string of the molecule is CCOc1nc(NC)nc(NC2CCCC2CO)n1. The van der Waals surface area contributed by atoms with Crippen molar-refractivity contribution in [2.45, 2.75) is 32.2 Å². The second-order valence-corrected chi connectivity index (χ2v) is 4.57. The Balaban J connectivity index is 2.12. The standard InChI is InChI=1S/C12H21N5O2/c1-3-19-12-16-10(13-2)15-11(17-12)14-9-6-4-5-8(9)7-18/h8-9,18H,3-7H2,1-2H3,(H2,13,14,15,16,17). The molecule has 3 N–H and O–H groups in total. The maximum atomic E-state index is 9.32. The molecule has 1 aromatic rings. The van der Waals surface area contributed by atoms with Crippen molar-refractivity contribution >= 4 is 11.9 Å². The first kappa shape index (κ1) is 13.8. The van der Waals surface area contributed by atoms with Crippen LogP contribution >= 0.6 is 0 Å². The molecule has 7 nitrogen and oxygen atoms in total. The van der Waals surface area contributed by atoms with Crippen LogP contribution < -0.4 is 15.4 Å². The number of nitrogens with one attached hydrogen (secondary N) is 2. The quantitative estimate of drug-likeness (QED) is 0.704. The molecule has 0 spiro atoms. The number of hydrogen-bond acceptors (Lipinski definition) is 7. The zero-order valence-electron chi connectivity index (χ0n) is 11.4. The number of rotatable bonds is 6. The van der Waals surface area contributed by atoms with Crippen LogP contribution in [0.15, 0.2) is 0 Å². The van der Waals surface area contributed by atoms with E-state index in [2.05, 4.69) is 25.6 Å². The molecule has 0 radical (unpaired) electrons. The lowest BCUT2D eigenvalue weighted by molar-refractivity contribution is 0.222. The second-order valence-electron chi connectivity index (χ2n) is 4.57. The van der Waals surface area contributed by atoms with E-state index in [1.165, 1.54) is 0 Å². The molecule has 1 saturated carbocycles. The van der Waals surface area contributed by atoms with E-state index < -0.39 is 0 Å². The van der Waals surface area contributed by atoms with E-state index >= 15 is 0 Å². The summed E-state index contributed by atoms with van der Waals surface area (Å²) in [5, 5.41) is 15.5. The zero-order valence-corrected chi connectivity index (χ0v) is 11.4. The lowest BCUT2D eigenvalue weighted by atomic mass is 10.1. The summed E-state index contributed by atoms with van der Waals surface area (Å²) in [6, 6.07) is 0.523. The Labute approximate surface area is 112 Å². The van der Waals surface area contributed by atoms with Crippen molar-refractivity contribution in [1.29, 1.82) is 0 Å². The predicted octanol–water partition coefficient (Wildman–Crippen LogP) is 0.885. The molecule has 19 heavy (non-hydrogen) atoms. The van der Waals surface area contributed by atoms with Crippen LogP contribution in [0.25, 0.3) is 0 Å². The highest BCUT2D eigenvalue weighted by Crippen LogP contribution is 2.27. The number of ether oxygens (including phenoxy) is 1. The third-order valence-electron chi connectivity index (χ3n) is 3.32. The van der Waals surface area contributed by atoms with E-state index in [1.54, 1.807) is 7.05 Å². The van der Waals surface area contributed by atoms with Gasteiger partial charge in [-0.1, -0.05) is 6.42 Å². The van der Waals surface area contributed by atoms with Crippen LogP contribution in [0.4, 0.5) is 11.9 Å². The smallest absolute Gasteiger partial charge is 0.323 e. The summed E-state index contributed by atoms with van der Waals surface area (Å²) in [4.78, 5) is 12.6. The molecule has 1 heterocycles. The van der Waals surface area contributed by atoms with Gasteiger partial charge in [0.2, 0.25) is 11.9 Å². The molecule has 0 aromatic carbocycles. The minimum atomic E-state index is 0.194. The Hall–Kier alpha value is -1.63. The topological polar surface area (TPSA) is 92.2 Å². The summed E-state index contributed by atoms with van der Waals surface area (Å²) < 4.78 is 5.32. The normalized spacial score (nSPS) is 22.3. The van der Waals surface area contributed by atoms with Gasteiger partial charge in [0.1, 0.15) is 0 Å². The third kappa shape index (κ3) is 3.44. The van der Waals surface area contributed by atoms with Crippen molar-refractivity contribution in [2.75, 3.05) is 30.9 Å². The van der Waals surface area contributed by atoms with Gasteiger partial charge in [-0.15, -0.1) is 0 Å². The molecule has 7 heteroatoms. The maximum absolute atomic E-state index is 9.32. The van der Waals surface area contributed by atoms with Crippen molar-refractivity contribution in [3.63, 3.8) is 0 Å². The van der Waals surface area contributed by atoms with Crippen LogP contribution in [0.1, 0.15) is 26.2 Å². The highest BCUT2D eigenvalue weighted by atomic mass is 16.5. The van der Waals surface area contributed by atoms with Crippen LogP contribution in [-0.4, -0.2) is 46.4 Å². The third-order valence-corrected chi connectivity index (χ3v) is 3.32. The average molecular weight is 267 g/mol. The van der Waals surface area contributed by atoms with Gasteiger partial charge in [-0.3, -0.25) is 0 Å². The lowest BCUT2D eigenvalue weighted by Gasteiger charge is -2.19. The van der Waals surface area contributed by atoms with Gasteiger partial charge in [0, 0.05) is 25.6 Å². The minimum Gasteiger partial charge on any atom is -0.464 e. The zero-order chi connectivity index (χ0) is 13.7. The van der Waals surface area contributed by atoms with Crippen LogP contribution in [0, 0.1) is 5.92 Å². The first-order chi connectivity index (χ1) is 9.26. The van der Waals surface area contributed by atoms with E-state index in [4.69, 9.17) is 4.74 Å². The predicted molar refractivity (Wildman–Crippen MR) is 72.4 cm³/mol. The molecule has 0 amide bonds. The number of hydrogen-bond donors (Lipinski definition) is 3. The molecule has 1 aromatic heterocycles. The van der Waals surface area contributed by atoms with Crippen LogP contribution in [0.2, 0.25) is 0 Å². The highest BCUT2D eigenvalue weighted by molar-refractivity contribution is 5.36. The van der Waals surface area contributed by atoms with Gasteiger partial charge in [0.05, 0.1) is 6.61 Å². The van der Waals surface area contributed by atoms with Crippen molar-refractivity contribution < 1.29 is 9.84 Å². The molecule has 0 saturated heterocycles. The van der Waals surface area contributed by atoms with Gasteiger partial charge in [-0.05, 0) is 19.8 Å². The van der Waals surface area contributed by atoms with Crippen molar-refractivity contribution in [3.8, 4) is 6.01 Å². The van der Waals surface area contributed by atoms with Gasteiger partial charge in [-0.2, -0.15) is 15.0 Å². The average Bonchev–Trinajstić information content (AvgIpc) is 2.86. The summed E-state index contributed by atoms with van der Waals surface area (Å²) in [5.41, 5.74) is 0. The highest BCUT2D eigenvalue weighted by Gasteiger charge is 2.27. The number of anilines is 2. The fourth-order valence-corrected chi connectivity index (χ4v) is 2.34. The maximum Gasteiger partial charge on any atom is 0.323 e. The first-order valence-electron chi connectivity index (χ1n) is 6.70. The first-order valence-corrected chi connectivity index (χ1v) is 6.70. The molecule has 2 rings (SSSR count). The number of aromatic nitrogens is 3. The summed E-state index contributed by atoms with van der Waals surface area (Å²) in [7, 11) is 1.75. The molecule has 0 bridgehead atoms. The number of nitrogens with zero attached hydrogens (tertiary/aromatic N) is 3. The summed E-state index contributed by atoms with van der Waals surface area (Å²) in [6.45, 7) is 2.59. The second kappa shape index (κ2) is 6.51. The van der Waals surface area contributed by atoms with E-state index in [0.717, 1.165) is 19.3 Å². The lowest BCUT2D eigenvalue weighted by Crippen LogP contribution is -2.27. The molecule has 1 aliphatic carbocycles. The van der Waals surface area contributed by atoms with Crippen molar-refractivity contribution in [2.24, 2.45) is 5.92 Å². The monoisotopic (exact) mass is 267 g/mol. The van der Waals surface area contributed by atoms with Crippen LogP contribution in [0.5, 0.6) is 6.01 Å². The Kier molecular flexibility index (Phi) is 4.73. The Morgan fingerprint density at radius 1 is 1.26 bits per heavy atom. The number of aliphatic hydroxyl groups excluding tert-OH is 1. The van der Waals surface area contributed by atoms with Crippen molar-refractivity contribution in [3.05, 3.63) is 0 Å². The summed E-state index contributed by atoms with van der Waals surface area (Å²) in [5.74, 6) is 1.23. The van der Waals surface area contributed by atoms with Crippen molar-refractivity contribution in [1.82, 2.24) is 15.0 Å². The van der Waals surface area contributed by atoms with Crippen LogP contribution in [0.3, 0.4) is 0 Å². The van der Waals surface area contributed by atoms with E-state index in [9.17, 15) is 5.11 Å². The van der Waals surface area contributed by atoms with Gasteiger partial charge < -0.3 is 20.5 Å². The fraction of sp³-hybridized carbons (Fsp3) is 0.750. The summed E-state index contributed by atoms with van der Waals surface area (Å²) >= 11 is 0.